The summed E-state index contributed by atoms with van der Waals surface area (Å²) in [4.78, 5) is 48.1. The standard InChI is InChI=1S/C18H17BrN2O6/c19-14-9-6-10-13(18(25)27-15(10)14)12(9)17(24)26-7-11(22)20-21-16(23)8-4-2-1-3-5-8/h1-5,9-10,12-15H,6-7H2,(H,20,22)(H,21,23)/t9-,10-,12-,13-,14-,15+/m1/s1. The molecule has 1 heterocycles. The van der Waals surface area contributed by atoms with E-state index in [0.29, 0.717) is 5.56 Å². The lowest BCUT2D eigenvalue weighted by atomic mass is 9.80. The van der Waals surface area contributed by atoms with Crippen LogP contribution in [0.25, 0.3) is 0 Å². The SMILES string of the molecule is O=C(COC(=O)[C@@H]1[C@H]2C[C@H]3[C@H](OC(=O)[C@H]31)[C@@H]2Br)NNC(=O)c1ccccc1. The molecule has 1 aromatic carbocycles. The number of halogens is 1. The van der Waals surface area contributed by atoms with Crippen molar-refractivity contribution in [2.75, 3.05) is 6.61 Å². The van der Waals surface area contributed by atoms with E-state index in [9.17, 15) is 19.2 Å². The second-order valence-corrected chi connectivity index (χ2v) is 7.99. The number of hydrogen-bond acceptors (Lipinski definition) is 6. The van der Waals surface area contributed by atoms with E-state index in [1.807, 2.05) is 0 Å². The average molecular weight is 437 g/mol. The van der Waals surface area contributed by atoms with E-state index in [4.69, 9.17) is 9.47 Å². The Labute approximate surface area is 163 Å². The molecule has 3 aliphatic rings. The molecule has 6 atom stereocenters. The molecule has 0 spiro atoms. The number of nitrogens with one attached hydrogen (secondary N) is 2. The number of alkyl halides is 1. The molecule has 1 saturated heterocycles. The summed E-state index contributed by atoms with van der Waals surface area (Å²) in [5, 5.41) is 0. The van der Waals surface area contributed by atoms with Crippen molar-refractivity contribution in [1.29, 1.82) is 0 Å². The van der Waals surface area contributed by atoms with Gasteiger partial charge in [0.05, 0.1) is 16.7 Å². The quantitative estimate of drug-likeness (QED) is 0.405. The Balaban J connectivity index is 1.28. The smallest absolute Gasteiger partial charge is 0.310 e. The predicted molar refractivity (Wildman–Crippen MR) is 94.2 cm³/mol. The number of esters is 2. The third-order valence-corrected chi connectivity index (χ3v) is 6.69. The van der Waals surface area contributed by atoms with E-state index in [1.54, 1.807) is 30.3 Å². The molecule has 9 heteroatoms. The topological polar surface area (TPSA) is 111 Å². The Kier molecular flexibility index (Phi) is 4.63. The summed E-state index contributed by atoms with van der Waals surface area (Å²) < 4.78 is 10.4. The number of fused-ring (bicyclic) bond motifs is 1. The van der Waals surface area contributed by atoms with E-state index in [-0.39, 0.29) is 28.7 Å². The summed E-state index contributed by atoms with van der Waals surface area (Å²) in [6.45, 7) is -0.542. The fourth-order valence-corrected chi connectivity index (χ4v) is 5.40. The first kappa shape index (κ1) is 18.0. The summed E-state index contributed by atoms with van der Waals surface area (Å²) in [5.74, 6) is -3.19. The van der Waals surface area contributed by atoms with E-state index in [1.165, 1.54) is 0 Å². The Morgan fingerprint density at radius 3 is 2.63 bits per heavy atom. The Hall–Kier alpha value is -2.42. The van der Waals surface area contributed by atoms with Gasteiger partial charge in [-0.3, -0.25) is 30.0 Å². The van der Waals surface area contributed by atoms with Gasteiger partial charge in [-0.1, -0.05) is 34.1 Å². The molecule has 2 N–H and O–H groups in total. The van der Waals surface area contributed by atoms with Crippen molar-refractivity contribution in [3.63, 3.8) is 0 Å². The van der Waals surface area contributed by atoms with Crippen molar-refractivity contribution in [2.45, 2.75) is 17.4 Å². The van der Waals surface area contributed by atoms with Crippen LogP contribution in [0.1, 0.15) is 16.8 Å². The van der Waals surface area contributed by atoms with E-state index >= 15 is 0 Å². The molecule has 0 aromatic heterocycles. The fourth-order valence-electron chi connectivity index (χ4n) is 4.35. The number of carbonyl (C=O) groups excluding carboxylic acids is 4. The Bertz CT molecular complexity index is 800. The van der Waals surface area contributed by atoms with E-state index in [0.717, 1.165) is 6.42 Å². The summed E-state index contributed by atoms with van der Waals surface area (Å²) in [7, 11) is 0. The van der Waals surface area contributed by atoms with Crippen LogP contribution in [0.15, 0.2) is 30.3 Å². The van der Waals surface area contributed by atoms with Gasteiger partial charge < -0.3 is 9.47 Å². The molecule has 3 fully saturated rings. The van der Waals surface area contributed by atoms with Gasteiger partial charge in [-0.05, 0) is 24.5 Å². The lowest BCUT2D eigenvalue weighted by Gasteiger charge is -2.26. The van der Waals surface area contributed by atoms with Gasteiger partial charge in [0.25, 0.3) is 11.8 Å². The zero-order valence-corrected chi connectivity index (χ0v) is 15.7. The number of hydrogen-bond donors (Lipinski definition) is 2. The van der Waals surface area contributed by atoms with Crippen LogP contribution in [-0.4, -0.2) is 41.3 Å². The fraction of sp³-hybridized carbons (Fsp3) is 0.444. The van der Waals surface area contributed by atoms with Crippen LogP contribution in [0.3, 0.4) is 0 Å². The molecule has 1 aromatic rings. The summed E-state index contributed by atoms with van der Waals surface area (Å²) in [5.41, 5.74) is 4.83. The Morgan fingerprint density at radius 2 is 1.89 bits per heavy atom. The number of ether oxygens (including phenoxy) is 2. The average Bonchev–Trinajstić information content (AvgIpc) is 3.29. The molecule has 0 unspecified atom stereocenters. The third kappa shape index (κ3) is 3.09. The van der Waals surface area contributed by atoms with Crippen LogP contribution < -0.4 is 10.9 Å². The summed E-state index contributed by atoms with van der Waals surface area (Å²) in [6.07, 6.45) is 0.559. The zero-order valence-electron chi connectivity index (χ0n) is 14.1. The van der Waals surface area contributed by atoms with Gasteiger partial charge in [-0.15, -0.1) is 0 Å². The van der Waals surface area contributed by atoms with Gasteiger partial charge in [0, 0.05) is 11.5 Å². The highest BCUT2D eigenvalue weighted by Gasteiger charge is 2.68. The molecule has 8 nitrogen and oxygen atoms in total. The van der Waals surface area contributed by atoms with Gasteiger partial charge in [-0.2, -0.15) is 0 Å². The molecular weight excluding hydrogens is 420 g/mol. The van der Waals surface area contributed by atoms with Crippen LogP contribution in [0, 0.1) is 23.7 Å². The van der Waals surface area contributed by atoms with Gasteiger partial charge >= 0.3 is 11.9 Å². The minimum Gasteiger partial charge on any atom is -0.461 e. The van der Waals surface area contributed by atoms with E-state index < -0.39 is 36.2 Å². The van der Waals surface area contributed by atoms with Gasteiger partial charge in [0.15, 0.2) is 6.61 Å². The van der Waals surface area contributed by atoms with Crippen LogP contribution in [0.2, 0.25) is 0 Å². The molecular formula is C18H17BrN2O6. The maximum Gasteiger partial charge on any atom is 0.310 e. The number of benzene rings is 1. The first-order chi connectivity index (χ1) is 13.0. The Morgan fingerprint density at radius 1 is 1.15 bits per heavy atom. The van der Waals surface area contributed by atoms with Gasteiger partial charge in [0.2, 0.25) is 0 Å². The minimum absolute atomic E-state index is 0.0309. The summed E-state index contributed by atoms with van der Waals surface area (Å²) >= 11 is 3.52. The number of carbonyl (C=O) groups is 4. The summed E-state index contributed by atoms with van der Waals surface area (Å²) in [6, 6.07) is 8.36. The maximum absolute atomic E-state index is 12.5. The largest absolute Gasteiger partial charge is 0.461 e. The molecule has 1 aliphatic heterocycles. The molecule has 0 radical (unpaired) electrons. The monoisotopic (exact) mass is 436 g/mol. The third-order valence-electron chi connectivity index (χ3n) is 5.49. The minimum atomic E-state index is -0.668. The van der Waals surface area contributed by atoms with Crippen molar-refractivity contribution < 1.29 is 28.7 Å². The molecule has 2 bridgehead atoms. The zero-order chi connectivity index (χ0) is 19.1. The number of hydrazine groups is 1. The van der Waals surface area contributed by atoms with Crippen molar-refractivity contribution >= 4 is 39.7 Å². The van der Waals surface area contributed by atoms with Crippen molar-refractivity contribution in [3.8, 4) is 0 Å². The first-order valence-electron chi connectivity index (χ1n) is 8.63. The van der Waals surface area contributed by atoms with E-state index in [2.05, 4.69) is 26.8 Å². The first-order valence-corrected chi connectivity index (χ1v) is 9.54. The van der Waals surface area contributed by atoms with Crippen LogP contribution >= 0.6 is 15.9 Å². The van der Waals surface area contributed by atoms with Crippen molar-refractivity contribution in [1.82, 2.24) is 10.9 Å². The lowest BCUT2D eigenvalue weighted by molar-refractivity contribution is -0.158. The highest BCUT2D eigenvalue weighted by atomic mass is 79.9. The molecule has 27 heavy (non-hydrogen) atoms. The van der Waals surface area contributed by atoms with Crippen molar-refractivity contribution in [3.05, 3.63) is 35.9 Å². The normalized spacial score (nSPS) is 32.7. The predicted octanol–water partition coefficient (Wildman–Crippen LogP) is 0.562. The molecule has 2 saturated carbocycles. The second-order valence-electron chi connectivity index (χ2n) is 6.94. The lowest BCUT2D eigenvalue weighted by Crippen LogP contribution is -2.44. The van der Waals surface area contributed by atoms with Gasteiger partial charge in [-0.25, -0.2) is 0 Å². The molecule has 2 amide bonds. The number of rotatable bonds is 4. The van der Waals surface area contributed by atoms with Gasteiger partial charge in [0.1, 0.15) is 6.10 Å². The highest BCUT2D eigenvalue weighted by molar-refractivity contribution is 9.09. The maximum atomic E-state index is 12.5. The van der Waals surface area contributed by atoms with Crippen LogP contribution in [0.4, 0.5) is 0 Å². The number of amides is 2. The molecule has 142 valence electrons. The van der Waals surface area contributed by atoms with Crippen LogP contribution in [-0.2, 0) is 23.9 Å². The molecule has 2 aliphatic carbocycles. The van der Waals surface area contributed by atoms with Crippen molar-refractivity contribution in [2.24, 2.45) is 23.7 Å². The second kappa shape index (κ2) is 6.95. The van der Waals surface area contributed by atoms with Crippen LogP contribution in [0.5, 0.6) is 0 Å². The highest BCUT2D eigenvalue weighted by Crippen LogP contribution is 2.60. The molecule has 4 rings (SSSR count).